The van der Waals surface area contributed by atoms with Crippen molar-refractivity contribution in [2.75, 3.05) is 5.32 Å². The molecule has 0 aliphatic heterocycles. The largest absolute Gasteiger partial charge is 0.340 e. The molecule has 1 aromatic heterocycles. The van der Waals surface area contributed by atoms with Gasteiger partial charge in [-0.15, -0.1) is 0 Å². The monoisotopic (exact) mass is 287 g/mol. The minimum atomic E-state index is 0.496. The van der Waals surface area contributed by atoms with Crippen molar-refractivity contribution < 1.29 is 0 Å². The molecule has 3 nitrogen and oxygen atoms in total. The van der Waals surface area contributed by atoms with Crippen LogP contribution in [0.2, 0.25) is 5.15 Å². The van der Waals surface area contributed by atoms with Crippen molar-refractivity contribution in [3.8, 4) is 0 Å². The van der Waals surface area contributed by atoms with Crippen LogP contribution in [0.25, 0.3) is 0 Å². The first-order chi connectivity index (χ1) is 9.67. The normalized spacial score (nSPS) is 14.3. The molecule has 4 heteroatoms. The zero-order valence-electron chi connectivity index (χ0n) is 11.8. The molecule has 3 rings (SSSR count). The Morgan fingerprint density at radius 1 is 1.30 bits per heavy atom. The quantitative estimate of drug-likeness (QED) is 0.834. The van der Waals surface area contributed by atoms with Crippen LogP contribution >= 0.6 is 11.6 Å². The molecule has 1 aliphatic rings. The van der Waals surface area contributed by atoms with E-state index < -0.39 is 0 Å². The predicted octanol–water partition coefficient (Wildman–Crippen LogP) is 4.62. The number of aryl methyl sites for hydroxylation is 1. The Morgan fingerprint density at radius 2 is 2.10 bits per heavy atom. The maximum atomic E-state index is 6.22. The highest BCUT2D eigenvalue weighted by Crippen LogP contribution is 2.39. The van der Waals surface area contributed by atoms with E-state index in [9.17, 15) is 0 Å². The fraction of sp³-hybridized carbons (Fsp3) is 0.375. The summed E-state index contributed by atoms with van der Waals surface area (Å²) in [6.07, 6.45) is 3.36. The van der Waals surface area contributed by atoms with Gasteiger partial charge in [0.05, 0.1) is 0 Å². The fourth-order valence-corrected chi connectivity index (χ4v) is 2.33. The van der Waals surface area contributed by atoms with Crippen molar-refractivity contribution in [3.05, 3.63) is 46.4 Å². The van der Waals surface area contributed by atoms with Crippen molar-refractivity contribution in [2.24, 2.45) is 0 Å². The first-order valence-electron chi connectivity index (χ1n) is 7.07. The van der Waals surface area contributed by atoms with Crippen molar-refractivity contribution >= 4 is 23.1 Å². The van der Waals surface area contributed by atoms with Gasteiger partial charge in [-0.1, -0.05) is 30.7 Å². The second-order valence-electron chi connectivity index (χ2n) is 5.30. The smallest absolute Gasteiger partial charge is 0.138 e. The second-order valence-corrected chi connectivity index (χ2v) is 5.66. The SMILES string of the molecule is CCc1cccc(Nc2nc(C3CC3)nc(Cl)c2C)c1. The van der Waals surface area contributed by atoms with Crippen LogP contribution in [0.1, 0.15) is 42.6 Å². The van der Waals surface area contributed by atoms with Gasteiger partial charge in [-0.3, -0.25) is 0 Å². The number of hydrogen-bond donors (Lipinski definition) is 1. The molecule has 0 atom stereocenters. The first-order valence-corrected chi connectivity index (χ1v) is 7.45. The fourth-order valence-electron chi connectivity index (χ4n) is 2.16. The molecule has 0 amide bonds. The average molecular weight is 288 g/mol. The van der Waals surface area contributed by atoms with E-state index in [0.717, 1.165) is 29.3 Å². The van der Waals surface area contributed by atoms with Crippen LogP contribution in [-0.4, -0.2) is 9.97 Å². The highest BCUT2D eigenvalue weighted by Gasteiger charge is 2.28. The number of hydrogen-bond acceptors (Lipinski definition) is 3. The Kier molecular flexibility index (Phi) is 3.62. The van der Waals surface area contributed by atoms with Gasteiger partial charge in [0, 0.05) is 17.2 Å². The van der Waals surface area contributed by atoms with E-state index >= 15 is 0 Å². The average Bonchev–Trinajstić information content (AvgIpc) is 3.28. The molecule has 1 saturated carbocycles. The summed E-state index contributed by atoms with van der Waals surface area (Å²) in [7, 11) is 0. The summed E-state index contributed by atoms with van der Waals surface area (Å²) in [4.78, 5) is 9.02. The summed E-state index contributed by atoms with van der Waals surface area (Å²) in [5.41, 5.74) is 3.25. The number of anilines is 2. The Hall–Kier alpha value is -1.61. The molecule has 1 N–H and O–H groups in total. The lowest BCUT2D eigenvalue weighted by Gasteiger charge is -2.12. The van der Waals surface area contributed by atoms with Crippen LogP contribution in [0.3, 0.4) is 0 Å². The lowest BCUT2D eigenvalue weighted by Crippen LogP contribution is -2.03. The van der Waals surface area contributed by atoms with Crippen molar-refractivity contribution in [1.29, 1.82) is 0 Å². The lowest BCUT2D eigenvalue weighted by molar-refractivity contribution is 0.922. The summed E-state index contributed by atoms with van der Waals surface area (Å²) >= 11 is 6.22. The molecule has 1 aromatic carbocycles. The zero-order valence-corrected chi connectivity index (χ0v) is 12.5. The van der Waals surface area contributed by atoms with Crippen LogP contribution in [0.15, 0.2) is 24.3 Å². The summed E-state index contributed by atoms with van der Waals surface area (Å²) in [6, 6.07) is 8.37. The topological polar surface area (TPSA) is 37.8 Å². The van der Waals surface area contributed by atoms with E-state index in [1.807, 2.05) is 13.0 Å². The van der Waals surface area contributed by atoms with Crippen LogP contribution in [-0.2, 0) is 6.42 Å². The Labute approximate surface area is 124 Å². The van der Waals surface area contributed by atoms with Gasteiger partial charge in [-0.2, -0.15) is 0 Å². The molecular formula is C16H18ClN3. The van der Waals surface area contributed by atoms with E-state index in [4.69, 9.17) is 11.6 Å². The molecule has 0 unspecified atom stereocenters. The minimum absolute atomic E-state index is 0.496. The summed E-state index contributed by atoms with van der Waals surface area (Å²) in [6.45, 7) is 4.10. The number of nitrogens with one attached hydrogen (secondary N) is 1. The molecule has 104 valence electrons. The summed E-state index contributed by atoms with van der Waals surface area (Å²) in [5, 5.41) is 3.93. The number of rotatable bonds is 4. The highest BCUT2D eigenvalue weighted by molar-refractivity contribution is 6.30. The van der Waals surface area contributed by atoms with E-state index in [1.54, 1.807) is 0 Å². The van der Waals surface area contributed by atoms with Gasteiger partial charge in [0.2, 0.25) is 0 Å². The standard InChI is InChI=1S/C16H18ClN3/c1-3-11-5-4-6-13(9-11)18-15-10(2)14(17)19-16(20-15)12-7-8-12/h4-6,9,12H,3,7-8H2,1-2H3,(H,18,19,20). The molecule has 0 radical (unpaired) electrons. The van der Waals surface area contributed by atoms with Crippen molar-refractivity contribution in [3.63, 3.8) is 0 Å². The van der Waals surface area contributed by atoms with Gasteiger partial charge in [-0.05, 0) is 43.9 Å². The first kappa shape index (κ1) is 13.4. The third kappa shape index (κ3) is 2.78. The van der Waals surface area contributed by atoms with Gasteiger partial charge >= 0.3 is 0 Å². The van der Waals surface area contributed by atoms with Gasteiger partial charge < -0.3 is 5.32 Å². The van der Waals surface area contributed by atoms with Crippen LogP contribution < -0.4 is 5.32 Å². The van der Waals surface area contributed by atoms with E-state index in [2.05, 4.69) is 40.4 Å². The van der Waals surface area contributed by atoms with Crippen LogP contribution in [0, 0.1) is 6.92 Å². The molecule has 1 aliphatic carbocycles. The highest BCUT2D eigenvalue weighted by atomic mass is 35.5. The lowest BCUT2D eigenvalue weighted by atomic mass is 10.1. The molecule has 1 fully saturated rings. The number of nitrogens with zero attached hydrogens (tertiary/aromatic N) is 2. The summed E-state index contributed by atoms with van der Waals surface area (Å²) in [5.74, 6) is 2.19. The van der Waals surface area contributed by atoms with E-state index in [0.29, 0.717) is 11.1 Å². The van der Waals surface area contributed by atoms with Gasteiger partial charge in [0.1, 0.15) is 16.8 Å². The third-order valence-electron chi connectivity index (χ3n) is 3.64. The van der Waals surface area contributed by atoms with Gasteiger partial charge in [0.15, 0.2) is 0 Å². The molecular weight excluding hydrogens is 270 g/mol. The molecule has 0 spiro atoms. The third-order valence-corrected chi connectivity index (χ3v) is 4.01. The van der Waals surface area contributed by atoms with Crippen LogP contribution in [0.5, 0.6) is 0 Å². The van der Waals surface area contributed by atoms with Gasteiger partial charge in [-0.25, -0.2) is 9.97 Å². The molecule has 0 bridgehead atoms. The summed E-state index contributed by atoms with van der Waals surface area (Å²) < 4.78 is 0. The minimum Gasteiger partial charge on any atom is -0.340 e. The number of halogens is 1. The number of benzene rings is 1. The van der Waals surface area contributed by atoms with Crippen molar-refractivity contribution in [2.45, 2.75) is 39.0 Å². The Balaban J connectivity index is 1.92. The number of aromatic nitrogens is 2. The predicted molar refractivity (Wildman–Crippen MR) is 82.9 cm³/mol. The Bertz CT molecular complexity index is 636. The Morgan fingerprint density at radius 3 is 2.80 bits per heavy atom. The molecule has 0 saturated heterocycles. The van der Waals surface area contributed by atoms with Crippen LogP contribution in [0.4, 0.5) is 11.5 Å². The van der Waals surface area contributed by atoms with E-state index in [1.165, 1.54) is 18.4 Å². The van der Waals surface area contributed by atoms with Crippen molar-refractivity contribution in [1.82, 2.24) is 9.97 Å². The zero-order chi connectivity index (χ0) is 14.1. The maximum Gasteiger partial charge on any atom is 0.138 e. The molecule has 20 heavy (non-hydrogen) atoms. The maximum absolute atomic E-state index is 6.22. The van der Waals surface area contributed by atoms with E-state index in [-0.39, 0.29) is 0 Å². The van der Waals surface area contributed by atoms with Gasteiger partial charge in [0.25, 0.3) is 0 Å². The molecule has 2 aromatic rings. The second kappa shape index (κ2) is 5.41. The molecule has 1 heterocycles.